The Morgan fingerprint density at radius 1 is 0.889 bits per heavy atom. The van der Waals surface area contributed by atoms with E-state index in [0.29, 0.717) is 11.1 Å². The normalized spacial score (nSPS) is 10.9. The number of carbonyl (C=O) groups excluding carboxylic acids is 2. The van der Waals surface area contributed by atoms with Gasteiger partial charge in [0.15, 0.2) is 0 Å². The van der Waals surface area contributed by atoms with Crippen LogP contribution in [-0.4, -0.2) is 26.2 Å². The van der Waals surface area contributed by atoms with Crippen LogP contribution in [0.4, 0.5) is 0 Å². The minimum atomic E-state index is -0.466. The Balaban J connectivity index is 3.38. The minimum Gasteiger partial charge on any atom is -0.465 e. The maximum absolute atomic E-state index is 11.6. The predicted molar refractivity (Wildman–Crippen MR) is 67.8 cm³/mol. The molecule has 0 fully saturated rings. The van der Waals surface area contributed by atoms with Crippen LogP contribution < -0.4 is 0 Å². The van der Waals surface area contributed by atoms with Crippen LogP contribution >= 0.6 is 0 Å². The largest absolute Gasteiger partial charge is 0.465 e. The lowest BCUT2D eigenvalue weighted by Gasteiger charge is -2.20. The number of benzene rings is 1. The highest BCUT2D eigenvalue weighted by molar-refractivity contribution is 5.95. The van der Waals surface area contributed by atoms with Crippen LogP contribution in [-0.2, 0) is 14.9 Å². The monoisotopic (exact) mass is 250 g/mol. The zero-order valence-electron chi connectivity index (χ0n) is 11.4. The molecule has 0 aliphatic heterocycles. The number of hydrogen-bond donors (Lipinski definition) is 0. The van der Waals surface area contributed by atoms with Crippen LogP contribution in [0.1, 0.15) is 47.1 Å². The maximum atomic E-state index is 11.6. The van der Waals surface area contributed by atoms with Gasteiger partial charge in [-0.05, 0) is 29.2 Å². The lowest BCUT2D eigenvalue weighted by Crippen LogP contribution is -2.15. The van der Waals surface area contributed by atoms with Crippen LogP contribution in [0.5, 0.6) is 0 Å². The smallest absolute Gasteiger partial charge is 0.337 e. The Hall–Kier alpha value is -1.84. The van der Waals surface area contributed by atoms with Crippen LogP contribution in [0.2, 0.25) is 0 Å². The average molecular weight is 250 g/mol. The summed E-state index contributed by atoms with van der Waals surface area (Å²) in [5, 5.41) is 0. The Morgan fingerprint density at radius 2 is 1.28 bits per heavy atom. The van der Waals surface area contributed by atoms with Crippen molar-refractivity contribution >= 4 is 11.9 Å². The van der Waals surface area contributed by atoms with Crippen molar-refractivity contribution in [3.05, 3.63) is 34.9 Å². The molecule has 98 valence electrons. The molecule has 0 saturated carbocycles. The summed E-state index contributed by atoms with van der Waals surface area (Å²) in [6, 6.07) is 4.95. The van der Waals surface area contributed by atoms with Gasteiger partial charge < -0.3 is 9.47 Å². The molecule has 4 nitrogen and oxygen atoms in total. The molecule has 1 rings (SSSR count). The summed E-state index contributed by atoms with van der Waals surface area (Å²) >= 11 is 0. The second-order valence-electron chi connectivity index (χ2n) is 5.03. The van der Waals surface area contributed by atoms with E-state index in [-0.39, 0.29) is 5.41 Å². The molecule has 4 heteroatoms. The molecule has 0 aliphatic carbocycles. The van der Waals surface area contributed by atoms with Gasteiger partial charge >= 0.3 is 11.9 Å². The maximum Gasteiger partial charge on any atom is 0.337 e. The number of rotatable bonds is 2. The summed E-state index contributed by atoms with van der Waals surface area (Å²) in [7, 11) is 2.62. The first-order valence-electron chi connectivity index (χ1n) is 5.62. The minimum absolute atomic E-state index is 0.174. The van der Waals surface area contributed by atoms with Crippen LogP contribution in [0.15, 0.2) is 18.2 Å². The van der Waals surface area contributed by atoms with Gasteiger partial charge in [-0.25, -0.2) is 9.59 Å². The molecule has 0 atom stereocenters. The van der Waals surface area contributed by atoms with Crippen molar-refractivity contribution in [3.8, 4) is 0 Å². The molecular weight excluding hydrogens is 232 g/mol. The Kier molecular flexibility index (Phi) is 4.11. The van der Waals surface area contributed by atoms with Gasteiger partial charge in [0.2, 0.25) is 0 Å². The quantitative estimate of drug-likeness (QED) is 0.757. The topological polar surface area (TPSA) is 52.6 Å². The molecular formula is C14H18O4. The molecule has 0 N–H and O–H groups in total. The lowest BCUT2D eigenvalue weighted by molar-refractivity contribution is 0.0599. The van der Waals surface area contributed by atoms with Gasteiger partial charge in [-0.1, -0.05) is 20.8 Å². The first kappa shape index (κ1) is 14.2. The fourth-order valence-electron chi connectivity index (χ4n) is 1.53. The fraction of sp³-hybridized carbons (Fsp3) is 0.429. The second-order valence-corrected chi connectivity index (χ2v) is 5.03. The van der Waals surface area contributed by atoms with E-state index in [4.69, 9.17) is 0 Å². The van der Waals surface area contributed by atoms with Crippen LogP contribution in [0.3, 0.4) is 0 Å². The van der Waals surface area contributed by atoms with Crippen molar-refractivity contribution in [3.63, 3.8) is 0 Å². The van der Waals surface area contributed by atoms with Gasteiger partial charge in [-0.2, -0.15) is 0 Å². The third-order valence-electron chi connectivity index (χ3n) is 2.64. The van der Waals surface area contributed by atoms with E-state index < -0.39 is 11.9 Å². The first-order chi connectivity index (χ1) is 8.29. The van der Waals surface area contributed by atoms with E-state index >= 15 is 0 Å². The molecule has 0 heterocycles. The van der Waals surface area contributed by atoms with E-state index in [9.17, 15) is 9.59 Å². The standard InChI is InChI=1S/C14H18O4/c1-14(2,3)11-7-9(12(15)17-4)6-10(8-11)13(16)18-5/h6-8H,1-5H3. The zero-order chi connectivity index (χ0) is 13.9. The van der Waals surface area contributed by atoms with Crippen LogP contribution in [0.25, 0.3) is 0 Å². The van der Waals surface area contributed by atoms with Crippen molar-refractivity contribution < 1.29 is 19.1 Å². The molecule has 0 bridgehead atoms. The molecule has 0 aliphatic rings. The third-order valence-corrected chi connectivity index (χ3v) is 2.64. The molecule has 0 radical (unpaired) electrons. The third kappa shape index (κ3) is 3.09. The zero-order valence-corrected chi connectivity index (χ0v) is 11.4. The van der Waals surface area contributed by atoms with Crippen molar-refractivity contribution in [2.24, 2.45) is 0 Å². The van der Waals surface area contributed by atoms with Gasteiger partial charge in [0.05, 0.1) is 25.3 Å². The van der Waals surface area contributed by atoms with Crippen molar-refractivity contribution in [2.75, 3.05) is 14.2 Å². The number of hydrogen-bond acceptors (Lipinski definition) is 4. The number of esters is 2. The highest BCUT2D eigenvalue weighted by Gasteiger charge is 2.20. The van der Waals surface area contributed by atoms with Gasteiger partial charge in [0, 0.05) is 0 Å². The Labute approximate surface area is 107 Å². The van der Waals surface area contributed by atoms with E-state index in [0.717, 1.165) is 5.56 Å². The molecule has 0 spiro atoms. The fourth-order valence-corrected chi connectivity index (χ4v) is 1.53. The summed E-state index contributed by atoms with van der Waals surface area (Å²) in [6.07, 6.45) is 0. The van der Waals surface area contributed by atoms with Crippen LogP contribution in [0, 0.1) is 0 Å². The summed E-state index contributed by atoms with van der Waals surface area (Å²) in [5.74, 6) is -0.933. The summed E-state index contributed by atoms with van der Waals surface area (Å²) in [5.41, 5.74) is 1.41. The van der Waals surface area contributed by atoms with Gasteiger partial charge in [-0.3, -0.25) is 0 Å². The van der Waals surface area contributed by atoms with Gasteiger partial charge in [-0.15, -0.1) is 0 Å². The number of carbonyl (C=O) groups is 2. The Bertz CT molecular complexity index is 435. The van der Waals surface area contributed by atoms with E-state index in [1.54, 1.807) is 12.1 Å². The molecule has 0 amide bonds. The highest BCUT2D eigenvalue weighted by atomic mass is 16.5. The molecule has 0 saturated heterocycles. The first-order valence-corrected chi connectivity index (χ1v) is 5.62. The molecule has 0 unspecified atom stereocenters. The number of ether oxygens (including phenoxy) is 2. The summed E-state index contributed by atoms with van der Waals surface area (Å²) in [4.78, 5) is 23.2. The van der Waals surface area contributed by atoms with Gasteiger partial charge in [0.1, 0.15) is 0 Å². The van der Waals surface area contributed by atoms with Crippen molar-refractivity contribution in [1.29, 1.82) is 0 Å². The highest BCUT2D eigenvalue weighted by Crippen LogP contribution is 2.25. The second kappa shape index (κ2) is 5.21. The molecule has 18 heavy (non-hydrogen) atoms. The molecule has 1 aromatic carbocycles. The number of methoxy groups -OCH3 is 2. The Morgan fingerprint density at radius 3 is 1.56 bits per heavy atom. The summed E-state index contributed by atoms with van der Waals surface area (Å²) < 4.78 is 9.36. The van der Waals surface area contributed by atoms with E-state index in [1.807, 2.05) is 20.8 Å². The lowest BCUT2D eigenvalue weighted by atomic mass is 9.85. The van der Waals surface area contributed by atoms with E-state index in [1.165, 1.54) is 20.3 Å². The molecule has 1 aromatic rings. The van der Waals surface area contributed by atoms with Crippen molar-refractivity contribution in [1.82, 2.24) is 0 Å². The van der Waals surface area contributed by atoms with Crippen molar-refractivity contribution in [2.45, 2.75) is 26.2 Å². The van der Waals surface area contributed by atoms with E-state index in [2.05, 4.69) is 9.47 Å². The molecule has 0 aromatic heterocycles. The SMILES string of the molecule is COC(=O)c1cc(C(=O)OC)cc(C(C)(C)C)c1. The predicted octanol–water partition coefficient (Wildman–Crippen LogP) is 2.56. The summed E-state index contributed by atoms with van der Waals surface area (Å²) in [6.45, 7) is 6.01. The van der Waals surface area contributed by atoms with Gasteiger partial charge in [0.25, 0.3) is 0 Å². The average Bonchev–Trinajstić information content (AvgIpc) is 2.35.